The van der Waals surface area contributed by atoms with Crippen LogP contribution in [0.4, 0.5) is 0 Å². The molecule has 1 heterocycles. The first kappa shape index (κ1) is 14.1. The van der Waals surface area contributed by atoms with Crippen LogP contribution < -0.4 is 0 Å². The number of halogens is 1. The summed E-state index contributed by atoms with van der Waals surface area (Å²) in [4.78, 5) is 14.8. The summed E-state index contributed by atoms with van der Waals surface area (Å²) in [6.45, 7) is 2.06. The molecule has 0 N–H and O–H groups in total. The van der Waals surface area contributed by atoms with Crippen LogP contribution in [0, 0.1) is 5.92 Å². The Morgan fingerprint density at radius 3 is 2.85 bits per heavy atom. The standard InChI is InChI=1S/C17H22ClNO/c18-15-8-2-1-7-14(15)17(20)10-12-19-11-4-6-13-5-3-9-16(13)19/h1-2,7-8,13,16H,3-6,9-12H2. The summed E-state index contributed by atoms with van der Waals surface area (Å²) in [5.41, 5.74) is 0.675. The molecule has 0 amide bonds. The predicted octanol–water partition coefficient (Wildman–Crippen LogP) is 4.18. The minimum Gasteiger partial charge on any atom is -0.300 e. The molecule has 1 saturated heterocycles. The Hall–Kier alpha value is -0.860. The number of piperidine rings is 1. The number of likely N-dealkylation sites (tertiary alicyclic amines) is 1. The van der Waals surface area contributed by atoms with E-state index in [0.29, 0.717) is 17.0 Å². The van der Waals surface area contributed by atoms with Gasteiger partial charge in [-0.25, -0.2) is 0 Å². The molecule has 1 aliphatic carbocycles. The average molecular weight is 292 g/mol. The SMILES string of the molecule is O=C(CCN1CCCC2CCCC21)c1ccccc1Cl. The quantitative estimate of drug-likeness (QED) is 0.776. The molecule has 2 atom stereocenters. The predicted molar refractivity (Wildman–Crippen MR) is 82.3 cm³/mol. The zero-order chi connectivity index (χ0) is 13.9. The largest absolute Gasteiger partial charge is 0.300 e. The maximum atomic E-state index is 12.3. The van der Waals surface area contributed by atoms with E-state index in [2.05, 4.69) is 4.90 Å². The molecule has 108 valence electrons. The molecule has 20 heavy (non-hydrogen) atoms. The second-order valence-electron chi connectivity index (χ2n) is 6.09. The fourth-order valence-corrected chi connectivity index (χ4v) is 4.14. The van der Waals surface area contributed by atoms with E-state index in [0.717, 1.165) is 25.0 Å². The normalized spacial score (nSPS) is 26.4. The molecule has 1 aliphatic heterocycles. The van der Waals surface area contributed by atoms with Crippen LogP contribution in [0.3, 0.4) is 0 Å². The number of nitrogens with zero attached hydrogens (tertiary/aromatic N) is 1. The molecule has 2 aliphatic rings. The van der Waals surface area contributed by atoms with Gasteiger partial charge in [-0.1, -0.05) is 30.2 Å². The third-order valence-corrected chi connectivity index (χ3v) is 5.24. The lowest BCUT2D eigenvalue weighted by molar-refractivity contribution is 0.0875. The fraction of sp³-hybridized carbons (Fsp3) is 0.588. The van der Waals surface area contributed by atoms with Crippen molar-refractivity contribution in [1.29, 1.82) is 0 Å². The first-order valence-corrected chi connectivity index (χ1v) is 8.15. The number of carbonyl (C=O) groups excluding carboxylic acids is 1. The van der Waals surface area contributed by atoms with Gasteiger partial charge in [0.15, 0.2) is 5.78 Å². The van der Waals surface area contributed by atoms with E-state index < -0.39 is 0 Å². The monoisotopic (exact) mass is 291 g/mol. The Balaban J connectivity index is 1.59. The molecule has 0 spiro atoms. The molecule has 0 radical (unpaired) electrons. The Bertz CT molecular complexity index is 488. The molecule has 3 heteroatoms. The molecule has 1 aromatic rings. The summed E-state index contributed by atoms with van der Waals surface area (Å²) < 4.78 is 0. The highest BCUT2D eigenvalue weighted by Gasteiger charge is 2.34. The average Bonchev–Trinajstić information content (AvgIpc) is 2.94. The highest BCUT2D eigenvalue weighted by Crippen LogP contribution is 2.36. The molecule has 2 fully saturated rings. The van der Waals surface area contributed by atoms with Crippen LogP contribution in [0.15, 0.2) is 24.3 Å². The van der Waals surface area contributed by atoms with Gasteiger partial charge in [-0.2, -0.15) is 0 Å². The first-order chi connectivity index (χ1) is 9.75. The summed E-state index contributed by atoms with van der Waals surface area (Å²) in [6, 6.07) is 8.12. The highest BCUT2D eigenvalue weighted by atomic mass is 35.5. The minimum absolute atomic E-state index is 0.177. The van der Waals surface area contributed by atoms with E-state index >= 15 is 0 Å². The third-order valence-electron chi connectivity index (χ3n) is 4.91. The number of rotatable bonds is 4. The first-order valence-electron chi connectivity index (χ1n) is 7.77. The topological polar surface area (TPSA) is 20.3 Å². The van der Waals surface area contributed by atoms with Gasteiger partial charge in [0, 0.05) is 24.6 Å². The van der Waals surface area contributed by atoms with Gasteiger partial charge in [0.1, 0.15) is 0 Å². The van der Waals surface area contributed by atoms with Crippen molar-refractivity contribution < 1.29 is 4.79 Å². The van der Waals surface area contributed by atoms with Gasteiger partial charge in [0.2, 0.25) is 0 Å². The maximum absolute atomic E-state index is 12.3. The Kier molecular flexibility index (Phi) is 4.42. The summed E-state index contributed by atoms with van der Waals surface area (Å²) in [5, 5.41) is 0.579. The van der Waals surface area contributed by atoms with Gasteiger partial charge in [-0.05, 0) is 50.3 Å². The van der Waals surface area contributed by atoms with E-state index in [4.69, 9.17) is 11.6 Å². The molecule has 2 nitrogen and oxygen atoms in total. The van der Waals surface area contributed by atoms with Gasteiger partial charge >= 0.3 is 0 Å². The van der Waals surface area contributed by atoms with Gasteiger partial charge in [-0.15, -0.1) is 0 Å². The number of Topliss-reactive ketones (excluding diaryl/α,β-unsaturated/α-hetero) is 1. The summed E-state index contributed by atoms with van der Waals surface area (Å²) in [6.07, 6.45) is 7.35. The molecule has 2 unspecified atom stereocenters. The number of ketones is 1. The van der Waals surface area contributed by atoms with Crippen LogP contribution >= 0.6 is 11.6 Å². The van der Waals surface area contributed by atoms with Crippen molar-refractivity contribution >= 4 is 17.4 Å². The van der Waals surface area contributed by atoms with Gasteiger partial charge in [0.05, 0.1) is 5.02 Å². The van der Waals surface area contributed by atoms with Crippen molar-refractivity contribution in [3.8, 4) is 0 Å². The van der Waals surface area contributed by atoms with Crippen LogP contribution in [0.1, 0.15) is 48.9 Å². The number of benzene rings is 1. The molecule has 1 aromatic carbocycles. The van der Waals surface area contributed by atoms with E-state index in [1.54, 1.807) is 6.07 Å². The van der Waals surface area contributed by atoms with Crippen molar-refractivity contribution in [3.05, 3.63) is 34.9 Å². The van der Waals surface area contributed by atoms with Gasteiger partial charge in [-0.3, -0.25) is 9.69 Å². The van der Waals surface area contributed by atoms with E-state index in [1.807, 2.05) is 18.2 Å². The molecule has 0 aromatic heterocycles. The second-order valence-corrected chi connectivity index (χ2v) is 6.50. The minimum atomic E-state index is 0.177. The molecule has 3 rings (SSSR count). The fourth-order valence-electron chi connectivity index (χ4n) is 3.90. The smallest absolute Gasteiger partial charge is 0.165 e. The van der Waals surface area contributed by atoms with Crippen LogP contribution in [0.25, 0.3) is 0 Å². The van der Waals surface area contributed by atoms with Crippen LogP contribution in [0.2, 0.25) is 5.02 Å². The van der Waals surface area contributed by atoms with E-state index in [1.165, 1.54) is 32.1 Å². The summed E-state index contributed by atoms with van der Waals surface area (Å²) in [7, 11) is 0. The lowest BCUT2D eigenvalue weighted by Crippen LogP contribution is -2.43. The second kappa shape index (κ2) is 6.28. The number of hydrogen-bond acceptors (Lipinski definition) is 2. The van der Waals surface area contributed by atoms with Crippen LogP contribution in [-0.4, -0.2) is 29.8 Å². The Morgan fingerprint density at radius 2 is 2.00 bits per heavy atom. The number of hydrogen-bond donors (Lipinski definition) is 0. The Labute approximate surface area is 126 Å². The molecule has 1 saturated carbocycles. The highest BCUT2D eigenvalue weighted by molar-refractivity contribution is 6.33. The van der Waals surface area contributed by atoms with Crippen molar-refractivity contribution in [1.82, 2.24) is 4.90 Å². The lowest BCUT2D eigenvalue weighted by Gasteiger charge is -2.37. The third kappa shape index (κ3) is 2.91. The molecule has 0 bridgehead atoms. The van der Waals surface area contributed by atoms with E-state index in [-0.39, 0.29) is 5.78 Å². The summed E-state index contributed by atoms with van der Waals surface area (Å²) in [5.74, 6) is 1.06. The molecular weight excluding hydrogens is 270 g/mol. The number of carbonyl (C=O) groups is 1. The lowest BCUT2D eigenvalue weighted by atomic mass is 9.91. The number of fused-ring (bicyclic) bond motifs is 1. The summed E-state index contributed by atoms with van der Waals surface area (Å²) >= 11 is 6.10. The van der Waals surface area contributed by atoms with Crippen LogP contribution in [-0.2, 0) is 0 Å². The van der Waals surface area contributed by atoms with Gasteiger partial charge in [0.25, 0.3) is 0 Å². The Morgan fingerprint density at radius 1 is 1.20 bits per heavy atom. The van der Waals surface area contributed by atoms with Crippen molar-refractivity contribution in [2.24, 2.45) is 5.92 Å². The zero-order valence-corrected chi connectivity index (χ0v) is 12.6. The zero-order valence-electron chi connectivity index (χ0n) is 11.9. The van der Waals surface area contributed by atoms with Crippen molar-refractivity contribution in [2.45, 2.75) is 44.6 Å². The maximum Gasteiger partial charge on any atom is 0.165 e. The van der Waals surface area contributed by atoms with Crippen molar-refractivity contribution in [3.63, 3.8) is 0 Å². The van der Waals surface area contributed by atoms with E-state index in [9.17, 15) is 4.79 Å². The van der Waals surface area contributed by atoms with Crippen molar-refractivity contribution in [2.75, 3.05) is 13.1 Å². The van der Waals surface area contributed by atoms with Gasteiger partial charge < -0.3 is 0 Å². The van der Waals surface area contributed by atoms with Crippen LogP contribution in [0.5, 0.6) is 0 Å². The molecular formula is C17H22ClNO.